The van der Waals surface area contributed by atoms with Gasteiger partial charge in [0, 0.05) is 33.0 Å². The molecule has 0 bridgehead atoms. The third kappa shape index (κ3) is 3.30. The van der Waals surface area contributed by atoms with Crippen LogP contribution in [0, 0.1) is 5.92 Å². The minimum Gasteiger partial charge on any atom is -0.493 e. The van der Waals surface area contributed by atoms with Crippen LogP contribution in [-0.2, 0) is 6.42 Å². The Bertz CT molecular complexity index is 630. The van der Waals surface area contributed by atoms with Crippen LogP contribution in [0.4, 0.5) is 11.6 Å². The first kappa shape index (κ1) is 14.6. The number of nitrogens with one attached hydrogen (secondary N) is 1. The standard InChI is InChI=1S/C17H22N4O/c1-21(2)17-16(18-8-9-19-17)20-12-13-7-10-22-15-6-4-3-5-14(15)11-13/h3-6,8-9,13H,7,10-12H2,1-2H3,(H,18,20). The highest BCUT2D eigenvalue weighted by Gasteiger charge is 2.18. The molecule has 1 aromatic carbocycles. The molecular formula is C17H22N4O. The summed E-state index contributed by atoms with van der Waals surface area (Å²) in [5.41, 5.74) is 1.29. The summed E-state index contributed by atoms with van der Waals surface area (Å²) >= 11 is 0. The van der Waals surface area contributed by atoms with E-state index in [1.54, 1.807) is 12.4 Å². The van der Waals surface area contributed by atoms with Crippen molar-refractivity contribution in [3.8, 4) is 5.75 Å². The van der Waals surface area contributed by atoms with E-state index >= 15 is 0 Å². The first-order chi connectivity index (χ1) is 10.7. The maximum absolute atomic E-state index is 5.83. The highest BCUT2D eigenvalue weighted by Crippen LogP contribution is 2.27. The number of fused-ring (bicyclic) bond motifs is 1. The number of hydrogen-bond donors (Lipinski definition) is 1. The van der Waals surface area contributed by atoms with Gasteiger partial charge in [-0.25, -0.2) is 9.97 Å². The third-order valence-corrected chi connectivity index (χ3v) is 3.93. The summed E-state index contributed by atoms with van der Waals surface area (Å²) in [6.45, 7) is 1.64. The monoisotopic (exact) mass is 298 g/mol. The Morgan fingerprint density at radius 2 is 2.05 bits per heavy atom. The summed E-state index contributed by atoms with van der Waals surface area (Å²) in [5, 5.41) is 3.45. The number of para-hydroxylation sites is 1. The van der Waals surface area contributed by atoms with E-state index in [2.05, 4.69) is 33.5 Å². The molecule has 1 unspecified atom stereocenters. The van der Waals surface area contributed by atoms with Crippen molar-refractivity contribution in [2.24, 2.45) is 5.92 Å². The van der Waals surface area contributed by atoms with Crippen LogP contribution in [0.3, 0.4) is 0 Å². The maximum Gasteiger partial charge on any atom is 0.171 e. The van der Waals surface area contributed by atoms with Crippen molar-refractivity contribution in [2.75, 3.05) is 37.5 Å². The van der Waals surface area contributed by atoms with Crippen LogP contribution in [0.15, 0.2) is 36.7 Å². The van der Waals surface area contributed by atoms with E-state index in [1.165, 1.54) is 5.56 Å². The van der Waals surface area contributed by atoms with Crippen molar-refractivity contribution >= 4 is 11.6 Å². The average molecular weight is 298 g/mol. The summed E-state index contributed by atoms with van der Waals surface area (Å²) in [6.07, 6.45) is 5.51. The van der Waals surface area contributed by atoms with Gasteiger partial charge in [-0.1, -0.05) is 18.2 Å². The first-order valence-corrected chi connectivity index (χ1v) is 7.67. The fourth-order valence-electron chi connectivity index (χ4n) is 2.76. The van der Waals surface area contributed by atoms with Gasteiger partial charge in [0.2, 0.25) is 0 Å². The molecule has 1 N–H and O–H groups in total. The maximum atomic E-state index is 5.83. The Kier molecular flexibility index (Phi) is 4.42. The van der Waals surface area contributed by atoms with Gasteiger partial charge in [-0.05, 0) is 30.4 Å². The summed E-state index contributed by atoms with van der Waals surface area (Å²) in [6, 6.07) is 8.31. The molecule has 0 radical (unpaired) electrons. The molecule has 2 heterocycles. The lowest BCUT2D eigenvalue weighted by molar-refractivity contribution is 0.298. The highest BCUT2D eigenvalue weighted by atomic mass is 16.5. The summed E-state index contributed by atoms with van der Waals surface area (Å²) in [4.78, 5) is 10.8. The molecule has 0 spiro atoms. The van der Waals surface area contributed by atoms with E-state index in [0.717, 1.165) is 43.4 Å². The van der Waals surface area contributed by atoms with Crippen LogP contribution in [-0.4, -0.2) is 37.2 Å². The molecule has 0 saturated carbocycles. The zero-order valence-corrected chi connectivity index (χ0v) is 13.1. The van der Waals surface area contributed by atoms with Gasteiger partial charge >= 0.3 is 0 Å². The van der Waals surface area contributed by atoms with Crippen LogP contribution in [0.1, 0.15) is 12.0 Å². The summed E-state index contributed by atoms with van der Waals surface area (Å²) in [5.74, 6) is 3.26. The fraction of sp³-hybridized carbons (Fsp3) is 0.412. The molecule has 22 heavy (non-hydrogen) atoms. The molecule has 5 heteroatoms. The average Bonchev–Trinajstić information content (AvgIpc) is 2.75. The Hall–Kier alpha value is -2.30. The number of rotatable bonds is 4. The van der Waals surface area contributed by atoms with Crippen molar-refractivity contribution in [1.29, 1.82) is 0 Å². The van der Waals surface area contributed by atoms with E-state index in [1.807, 2.05) is 25.1 Å². The SMILES string of the molecule is CN(C)c1nccnc1NCC1CCOc2ccccc2C1. The topological polar surface area (TPSA) is 50.3 Å². The van der Waals surface area contributed by atoms with Gasteiger partial charge in [-0.3, -0.25) is 0 Å². The number of benzene rings is 1. The zero-order valence-electron chi connectivity index (χ0n) is 13.1. The van der Waals surface area contributed by atoms with Crippen LogP contribution < -0.4 is 15.0 Å². The number of ether oxygens (including phenoxy) is 1. The fourth-order valence-corrected chi connectivity index (χ4v) is 2.76. The highest BCUT2D eigenvalue weighted by molar-refractivity contribution is 5.59. The summed E-state index contributed by atoms with van der Waals surface area (Å²) < 4.78 is 5.83. The first-order valence-electron chi connectivity index (χ1n) is 7.67. The predicted octanol–water partition coefficient (Wildman–Crippen LogP) is 2.60. The van der Waals surface area contributed by atoms with E-state index in [4.69, 9.17) is 4.74 Å². The molecule has 0 amide bonds. The molecule has 2 aromatic rings. The molecule has 0 aliphatic carbocycles. The van der Waals surface area contributed by atoms with E-state index in [-0.39, 0.29) is 0 Å². The molecule has 0 fully saturated rings. The van der Waals surface area contributed by atoms with Gasteiger partial charge in [-0.15, -0.1) is 0 Å². The second kappa shape index (κ2) is 6.64. The largest absolute Gasteiger partial charge is 0.493 e. The number of aromatic nitrogens is 2. The van der Waals surface area contributed by atoms with Gasteiger partial charge in [-0.2, -0.15) is 0 Å². The van der Waals surface area contributed by atoms with Gasteiger partial charge in [0.05, 0.1) is 6.61 Å². The van der Waals surface area contributed by atoms with Crippen molar-refractivity contribution < 1.29 is 4.74 Å². The molecule has 1 atom stereocenters. The minimum atomic E-state index is 0.528. The molecule has 1 aliphatic heterocycles. The van der Waals surface area contributed by atoms with Crippen LogP contribution in [0.2, 0.25) is 0 Å². The lowest BCUT2D eigenvalue weighted by atomic mass is 9.97. The molecular weight excluding hydrogens is 276 g/mol. The van der Waals surface area contributed by atoms with Crippen LogP contribution >= 0.6 is 0 Å². The van der Waals surface area contributed by atoms with Crippen molar-refractivity contribution in [1.82, 2.24) is 9.97 Å². The van der Waals surface area contributed by atoms with E-state index < -0.39 is 0 Å². The smallest absolute Gasteiger partial charge is 0.171 e. The molecule has 3 rings (SSSR count). The van der Waals surface area contributed by atoms with Crippen LogP contribution in [0.5, 0.6) is 5.75 Å². The molecule has 1 aliphatic rings. The predicted molar refractivity (Wildman–Crippen MR) is 88.6 cm³/mol. The van der Waals surface area contributed by atoms with Crippen molar-refractivity contribution in [3.05, 3.63) is 42.2 Å². The Morgan fingerprint density at radius 1 is 1.23 bits per heavy atom. The number of nitrogens with zero attached hydrogens (tertiary/aromatic N) is 3. The number of anilines is 2. The van der Waals surface area contributed by atoms with E-state index in [9.17, 15) is 0 Å². The second-order valence-corrected chi connectivity index (χ2v) is 5.82. The quantitative estimate of drug-likeness (QED) is 0.940. The zero-order chi connectivity index (χ0) is 15.4. The Labute approximate surface area is 131 Å². The van der Waals surface area contributed by atoms with Crippen molar-refractivity contribution in [2.45, 2.75) is 12.8 Å². The van der Waals surface area contributed by atoms with Gasteiger partial charge in [0.25, 0.3) is 0 Å². The third-order valence-electron chi connectivity index (χ3n) is 3.93. The number of hydrogen-bond acceptors (Lipinski definition) is 5. The van der Waals surface area contributed by atoms with Gasteiger partial charge in [0.15, 0.2) is 11.6 Å². The van der Waals surface area contributed by atoms with Crippen LogP contribution in [0.25, 0.3) is 0 Å². The second-order valence-electron chi connectivity index (χ2n) is 5.82. The Balaban J connectivity index is 1.67. The molecule has 5 nitrogen and oxygen atoms in total. The van der Waals surface area contributed by atoms with Crippen molar-refractivity contribution in [3.63, 3.8) is 0 Å². The molecule has 116 valence electrons. The van der Waals surface area contributed by atoms with Gasteiger partial charge < -0.3 is 15.0 Å². The lowest BCUT2D eigenvalue weighted by Crippen LogP contribution is -2.20. The summed E-state index contributed by atoms with van der Waals surface area (Å²) in [7, 11) is 3.95. The molecule has 1 aromatic heterocycles. The Morgan fingerprint density at radius 3 is 2.91 bits per heavy atom. The minimum absolute atomic E-state index is 0.528. The molecule has 0 saturated heterocycles. The lowest BCUT2D eigenvalue weighted by Gasteiger charge is -2.19. The normalized spacial score (nSPS) is 17.1. The van der Waals surface area contributed by atoms with E-state index in [0.29, 0.717) is 5.92 Å². The van der Waals surface area contributed by atoms with Gasteiger partial charge in [0.1, 0.15) is 5.75 Å².